The quantitative estimate of drug-likeness (QED) is 0.553. The lowest BCUT2D eigenvalue weighted by molar-refractivity contribution is 0.114. The maximum absolute atomic E-state index is 9.97. The number of thiocarbonyl (C=S) groups is 1. The van der Waals surface area contributed by atoms with E-state index < -0.39 is 0 Å². The lowest BCUT2D eigenvalue weighted by Gasteiger charge is -2.09. The molecule has 1 atom stereocenters. The SMILES string of the molecule is Oc1[nH]c2c(Cl)cc(Cl)cc2c1N=NC(=S)NC[C@H]1CCCO1. The second-order valence-corrected chi connectivity index (χ2v) is 6.38. The van der Waals surface area contributed by atoms with E-state index in [0.717, 1.165) is 19.4 Å². The van der Waals surface area contributed by atoms with E-state index in [1.807, 2.05) is 0 Å². The Morgan fingerprint density at radius 1 is 1.48 bits per heavy atom. The van der Waals surface area contributed by atoms with Gasteiger partial charge in [0.2, 0.25) is 11.0 Å². The molecule has 0 saturated carbocycles. The molecule has 0 unspecified atom stereocenters. The maximum atomic E-state index is 9.97. The number of aromatic hydroxyl groups is 1. The first-order valence-electron chi connectivity index (χ1n) is 7.05. The van der Waals surface area contributed by atoms with Crippen LogP contribution in [0.15, 0.2) is 22.4 Å². The molecule has 9 heteroatoms. The van der Waals surface area contributed by atoms with Crippen molar-refractivity contribution < 1.29 is 9.84 Å². The summed E-state index contributed by atoms with van der Waals surface area (Å²) in [4.78, 5) is 2.75. The highest BCUT2D eigenvalue weighted by atomic mass is 35.5. The van der Waals surface area contributed by atoms with Crippen LogP contribution in [0.2, 0.25) is 10.0 Å². The summed E-state index contributed by atoms with van der Waals surface area (Å²) >= 11 is 17.2. The van der Waals surface area contributed by atoms with Gasteiger partial charge in [-0.15, -0.1) is 10.2 Å². The number of azo groups is 1. The number of halogens is 2. The molecule has 23 heavy (non-hydrogen) atoms. The minimum atomic E-state index is -0.144. The highest BCUT2D eigenvalue weighted by molar-refractivity contribution is 7.80. The van der Waals surface area contributed by atoms with Crippen molar-refractivity contribution in [2.24, 2.45) is 10.2 Å². The topological polar surface area (TPSA) is 82.0 Å². The third-order valence-corrected chi connectivity index (χ3v) is 4.27. The standard InChI is InChI=1S/C14H14Cl2N4O2S/c15-7-4-9-11(10(16)5-7)18-13(21)12(9)19-20-14(23)17-6-8-2-1-3-22-8/h4-5,8,18,21H,1-3,6H2,(H,17,23)/t8-/m1/s1. The molecule has 2 heterocycles. The van der Waals surface area contributed by atoms with E-state index >= 15 is 0 Å². The number of rotatable bonds is 3. The summed E-state index contributed by atoms with van der Waals surface area (Å²) in [6.07, 6.45) is 2.22. The molecule has 2 aromatic rings. The first-order chi connectivity index (χ1) is 11.0. The van der Waals surface area contributed by atoms with Crippen LogP contribution in [0, 0.1) is 0 Å². The van der Waals surface area contributed by atoms with E-state index in [4.69, 9.17) is 40.2 Å². The predicted octanol–water partition coefficient (Wildman–Crippen LogP) is 4.32. The van der Waals surface area contributed by atoms with E-state index in [9.17, 15) is 5.11 Å². The fourth-order valence-electron chi connectivity index (χ4n) is 2.43. The van der Waals surface area contributed by atoms with Crippen LogP contribution in [-0.2, 0) is 4.74 Å². The summed E-state index contributed by atoms with van der Waals surface area (Å²) in [7, 11) is 0. The molecule has 3 N–H and O–H groups in total. The summed E-state index contributed by atoms with van der Waals surface area (Å²) in [6.45, 7) is 1.38. The second-order valence-electron chi connectivity index (χ2n) is 5.15. The van der Waals surface area contributed by atoms with E-state index in [-0.39, 0.29) is 22.8 Å². The van der Waals surface area contributed by atoms with Gasteiger partial charge in [-0.05, 0) is 37.2 Å². The zero-order chi connectivity index (χ0) is 16.4. The van der Waals surface area contributed by atoms with Gasteiger partial charge in [0, 0.05) is 23.6 Å². The minimum Gasteiger partial charge on any atom is -0.493 e. The molecule has 122 valence electrons. The van der Waals surface area contributed by atoms with Crippen LogP contribution in [-0.4, -0.2) is 34.5 Å². The largest absolute Gasteiger partial charge is 0.493 e. The average Bonchev–Trinajstić information content (AvgIpc) is 3.11. The van der Waals surface area contributed by atoms with Crippen molar-refractivity contribution >= 4 is 57.1 Å². The Balaban J connectivity index is 1.75. The van der Waals surface area contributed by atoms with Gasteiger partial charge in [0.05, 0.1) is 16.6 Å². The smallest absolute Gasteiger partial charge is 0.218 e. The first kappa shape index (κ1) is 16.4. The number of aromatic amines is 1. The molecule has 6 nitrogen and oxygen atoms in total. The van der Waals surface area contributed by atoms with Gasteiger partial charge in [0.25, 0.3) is 0 Å². The first-order valence-corrected chi connectivity index (χ1v) is 8.22. The van der Waals surface area contributed by atoms with Gasteiger partial charge in [-0.25, -0.2) is 0 Å². The lowest BCUT2D eigenvalue weighted by atomic mass is 10.2. The molecule has 1 fully saturated rings. The van der Waals surface area contributed by atoms with Gasteiger partial charge in [-0.1, -0.05) is 23.2 Å². The summed E-state index contributed by atoms with van der Waals surface area (Å²) in [5.41, 5.74) is 0.784. The van der Waals surface area contributed by atoms with Crippen LogP contribution in [0.25, 0.3) is 10.9 Å². The van der Waals surface area contributed by atoms with E-state index in [1.54, 1.807) is 12.1 Å². The number of fused-ring (bicyclic) bond motifs is 1. The number of benzene rings is 1. The van der Waals surface area contributed by atoms with E-state index in [0.29, 0.717) is 27.5 Å². The Kier molecular flexibility index (Phi) is 5.01. The number of hydrogen-bond acceptors (Lipinski definition) is 4. The fourth-order valence-corrected chi connectivity index (χ4v) is 3.10. The van der Waals surface area contributed by atoms with E-state index in [1.165, 1.54) is 0 Å². The third-order valence-electron chi connectivity index (χ3n) is 3.52. The Labute approximate surface area is 147 Å². The molecule has 0 spiro atoms. The molecule has 0 aliphatic carbocycles. The normalized spacial score (nSPS) is 18.1. The van der Waals surface area contributed by atoms with Crippen molar-refractivity contribution in [3.8, 4) is 5.88 Å². The Morgan fingerprint density at radius 3 is 3.04 bits per heavy atom. The Bertz CT molecular complexity index is 772. The van der Waals surface area contributed by atoms with Crippen molar-refractivity contribution in [1.82, 2.24) is 10.3 Å². The Hall–Kier alpha value is -1.41. The van der Waals surface area contributed by atoms with Crippen LogP contribution >= 0.6 is 35.4 Å². The predicted molar refractivity (Wildman–Crippen MR) is 94.1 cm³/mol. The van der Waals surface area contributed by atoms with Crippen molar-refractivity contribution in [2.45, 2.75) is 18.9 Å². The van der Waals surface area contributed by atoms with Crippen LogP contribution in [0.3, 0.4) is 0 Å². The number of hydrogen-bond donors (Lipinski definition) is 3. The van der Waals surface area contributed by atoms with Crippen molar-refractivity contribution in [3.05, 3.63) is 22.2 Å². The van der Waals surface area contributed by atoms with Crippen molar-refractivity contribution in [2.75, 3.05) is 13.2 Å². The molecule has 0 bridgehead atoms. The third kappa shape index (κ3) is 3.74. The average molecular weight is 373 g/mol. The summed E-state index contributed by atoms with van der Waals surface area (Å²) in [5.74, 6) is -0.144. The highest BCUT2D eigenvalue weighted by Crippen LogP contribution is 2.40. The monoisotopic (exact) mass is 372 g/mol. The molecule has 1 aromatic heterocycles. The van der Waals surface area contributed by atoms with Crippen LogP contribution < -0.4 is 5.32 Å². The van der Waals surface area contributed by atoms with Gasteiger partial charge in [0.15, 0.2) is 5.69 Å². The molecule has 1 saturated heterocycles. The number of ether oxygens (including phenoxy) is 1. The molecule has 1 aliphatic heterocycles. The van der Waals surface area contributed by atoms with Gasteiger partial charge in [0.1, 0.15) is 0 Å². The zero-order valence-corrected chi connectivity index (χ0v) is 14.3. The number of nitrogens with one attached hydrogen (secondary N) is 2. The molecular formula is C14H14Cl2N4O2S. The van der Waals surface area contributed by atoms with E-state index in [2.05, 4.69) is 20.5 Å². The molecule has 0 radical (unpaired) electrons. The van der Waals surface area contributed by atoms with Gasteiger partial charge < -0.3 is 20.1 Å². The molecule has 0 amide bonds. The molecule has 1 aliphatic rings. The minimum absolute atomic E-state index is 0.144. The lowest BCUT2D eigenvalue weighted by Crippen LogP contribution is -2.29. The summed E-state index contributed by atoms with van der Waals surface area (Å²) < 4.78 is 5.49. The highest BCUT2D eigenvalue weighted by Gasteiger charge is 2.16. The van der Waals surface area contributed by atoms with Crippen LogP contribution in [0.5, 0.6) is 5.88 Å². The van der Waals surface area contributed by atoms with Gasteiger partial charge in [-0.3, -0.25) is 0 Å². The van der Waals surface area contributed by atoms with Crippen molar-refractivity contribution in [3.63, 3.8) is 0 Å². The molecule has 1 aromatic carbocycles. The Morgan fingerprint density at radius 2 is 2.30 bits per heavy atom. The van der Waals surface area contributed by atoms with Crippen LogP contribution in [0.4, 0.5) is 5.69 Å². The number of H-pyrrole nitrogens is 1. The second kappa shape index (κ2) is 7.00. The number of nitrogens with zero attached hydrogens (tertiary/aromatic N) is 2. The molecule has 3 rings (SSSR count). The maximum Gasteiger partial charge on any atom is 0.218 e. The van der Waals surface area contributed by atoms with Crippen LogP contribution in [0.1, 0.15) is 12.8 Å². The zero-order valence-electron chi connectivity index (χ0n) is 12.0. The summed E-state index contributed by atoms with van der Waals surface area (Å²) in [5, 5.41) is 22.5. The van der Waals surface area contributed by atoms with Crippen molar-refractivity contribution in [1.29, 1.82) is 0 Å². The number of aromatic nitrogens is 1. The molecular weight excluding hydrogens is 359 g/mol. The summed E-state index contributed by atoms with van der Waals surface area (Å²) in [6, 6.07) is 3.23. The van der Waals surface area contributed by atoms with Gasteiger partial charge in [-0.2, -0.15) is 0 Å². The fraction of sp³-hybridized carbons (Fsp3) is 0.357. The van der Waals surface area contributed by atoms with Gasteiger partial charge >= 0.3 is 0 Å².